The van der Waals surface area contributed by atoms with E-state index in [0.717, 1.165) is 0 Å². The Kier molecular flexibility index (Phi) is 5.47. The summed E-state index contributed by atoms with van der Waals surface area (Å²) in [6.45, 7) is -0.0481. The number of nitrogens with zero attached hydrogens (tertiary/aromatic N) is 1. The second-order valence-corrected chi connectivity index (χ2v) is 4.99. The lowest BCUT2D eigenvalue weighted by Crippen LogP contribution is -2.37. The van der Waals surface area contributed by atoms with E-state index >= 15 is 0 Å². The normalized spacial score (nSPS) is 11.7. The highest BCUT2D eigenvalue weighted by Crippen LogP contribution is 2.12. The van der Waals surface area contributed by atoms with Crippen LogP contribution in [0.3, 0.4) is 0 Å². The predicted molar refractivity (Wildman–Crippen MR) is 77.0 cm³/mol. The van der Waals surface area contributed by atoms with Crippen molar-refractivity contribution < 1.29 is 19.0 Å². The van der Waals surface area contributed by atoms with Gasteiger partial charge in [-0.1, -0.05) is 6.07 Å². The topological polar surface area (TPSA) is 83.5 Å². The van der Waals surface area contributed by atoms with E-state index in [1.807, 2.05) is 0 Å². The lowest BCUT2D eigenvalue weighted by atomic mass is 10.3. The number of hydrogen-bond acceptors (Lipinski definition) is 5. The van der Waals surface area contributed by atoms with Gasteiger partial charge in [0, 0.05) is 24.2 Å². The maximum atomic E-state index is 12.9. The average molecular weight is 311 g/mol. The monoisotopic (exact) mass is 311 g/mol. The lowest BCUT2D eigenvalue weighted by Gasteiger charge is -2.13. The first kappa shape index (κ1) is 15.2. The van der Waals surface area contributed by atoms with E-state index in [9.17, 15) is 14.3 Å². The number of rotatable bonds is 6. The number of benzene rings is 1. The van der Waals surface area contributed by atoms with E-state index in [1.54, 1.807) is 17.6 Å². The highest BCUT2D eigenvalue weighted by Gasteiger charge is 2.09. The Hall–Kier alpha value is -2.19. The van der Waals surface area contributed by atoms with Gasteiger partial charge in [0.1, 0.15) is 24.3 Å². The van der Waals surface area contributed by atoms with E-state index < -0.39 is 18.0 Å². The molecule has 2 rings (SSSR count). The number of aromatic nitrogens is 1. The number of ether oxygens (including phenoxy) is 1. The van der Waals surface area contributed by atoms with Crippen molar-refractivity contribution in [2.75, 3.05) is 18.5 Å². The summed E-state index contributed by atoms with van der Waals surface area (Å²) in [5, 5.41) is 16.9. The minimum absolute atomic E-state index is 0.00647. The van der Waals surface area contributed by atoms with Crippen molar-refractivity contribution in [3.8, 4) is 5.75 Å². The van der Waals surface area contributed by atoms with Crippen LogP contribution in [-0.2, 0) is 0 Å². The summed E-state index contributed by atoms with van der Waals surface area (Å²) in [4.78, 5) is 15.4. The van der Waals surface area contributed by atoms with Gasteiger partial charge in [-0.15, -0.1) is 11.3 Å². The SMILES string of the molecule is O=C(NC[C@@H](O)COc1cccc(F)c1)Nc1nccs1. The van der Waals surface area contributed by atoms with Gasteiger partial charge in [0.15, 0.2) is 5.13 Å². The van der Waals surface area contributed by atoms with Crippen LogP contribution in [0.15, 0.2) is 35.8 Å². The molecule has 3 N–H and O–H groups in total. The molecule has 1 atom stereocenters. The van der Waals surface area contributed by atoms with Gasteiger partial charge in [0.05, 0.1) is 0 Å². The Balaban J connectivity index is 1.67. The summed E-state index contributed by atoms with van der Waals surface area (Å²) in [6, 6.07) is 5.15. The molecule has 0 fully saturated rings. The number of carbonyl (C=O) groups excluding carboxylic acids is 1. The Morgan fingerprint density at radius 3 is 3.10 bits per heavy atom. The molecule has 0 saturated heterocycles. The Morgan fingerprint density at radius 2 is 2.38 bits per heavy atom. The maximum absolute atomic E-state index is 12.9. The van der Waals surface area contributed by atoms with Gasteiger partial charge in [0.25, 0.3) is 0 Å². The van der Waals surface area contributed by atoms with Crippen molar-refractivity contribution in [2.24, 2.45) is 0 Å². The van der Waals surface area contributed by atoms with Gasteiger partial charge in [-0.3, -0.25) is 5.32 Å². The van der Waals surface area contributed by atoms with E-state index in [2.05, 4.69) is 15.6 Å². The summed E-state index contributed by atoms with van der Waals surface area (Å²) in [6.07, 6.45) is 0.664. The predicted octanol–water partition coefficient (Wildman–Crippen LogP) is 1.84. The molecule has 2 aromatic rings. The largest absolute Gasteiger partial charge is 0.491 e. The molecule has 0 saturated carbocycles. The van der Waals surface area contributed by atoms with Gasteiger partial charge in [0.2, 0.25) is 0 Å². The average Bonchev–Trinajstić information content (AvgIpc) is 2.96. The fourth-order valence-corrected chi connectivity index (χ4v) is 1.97. The van der Waals surface area contributed by atoms with Crippen LogP contribution in [0, 0.1) is 5.82 Å². The molecule has 0 aliphatic heterocycles. The van der Waals surface area contributed by atoms with Crippen molar-refractivity contribution >= 4 is 22.5 Å². The standard InChI is InChI=1S/C13H14FN3O3S/c14-9-2-1-3-11(6-9)20-8-10(18)7-16-12(19)17-13-15-4-5-21-13/h1-6,10,18H,7-8H2,(H2,15,16,17,19)/t10-/m1/s1. The number of urea groups is 1. The number of aliphatic hydroxyl groups excluding tert-OH is 1. The molecule has 0 unspecified atom stereocenters. The van der Waals surface area contributed by atoms with Crippen LogP contribution in [0.25, 0.3) is 0 Å². The molecular weight excluding hydrogens is 297 g/mol. The van der Waals surface area contributed by atoms with Gasteiger partial charge in [-0.2, -0.15) is 0 Å². The molecule has 2 amide bonds. The molecule has 1 aromatic carbocycles. The van der Waals surface area contributed by atoms with E-state index in [1.165, 1.54) is 29.5 Å². The van der Waals surface area contributed by atoms with E-state index in [-0.39, 0.29) is 13.2 Å². The number of thiazole rings is 1. The first-order chi connectivity index (χ1) is 10.1. The zero-order valence-electron chi connectivity index (χ0n) is 11.0. The maximum Gasteiger partial charge on any atom is 0.321 e. The van der Waals surface area contributed by atoms with Crippen LogP contribution in [0.2, 0.25) is 0 Å². The fourth-order valence-electron chi connectivity index (χ4n) is 1.45. The van der Waals surface area contributed by atoms with Gasteiger partial charge >= 0.3 is 6.03 Å². The highest BCUT2D eigenvalue weighted by atomic mass is 32.1. The molecule has 0 aliphatic carbocycles. The Bertz CT molecular complexity index is 580. The van der Waals surface area contributed by atoms with Crippen molar-refractivity contribution in [3.05, 3.63) is 41.7 Å². The van der Waals surface area contributed by atoms with Gasteiger partial charge in [-0.05, 0) is 12.1 Å². The van der Waals surface area contributed by atoms with E-state index in [0.29, 0.717) is 10.9 Å². The second kappa shape index (κ2) is 7.55. The zero-order chi connectivity index (χ0) is 15.1. The smallest absolute Gasteiger partial charge is 0.321 e. The zero-order valence-corrected chi connectivity index (χ0v) is 11.8. The Labute approximate surface area is 124 Å². The van der Waals surface area contributed by atoms with Crippen molar-refractivity contribution in [2.45, 2.75) is 6.10 Å². The van der Waals surface area contributed by atoms with Crippen molar-refractivity contribution in [3.63, 3.8) is 0 Å². The first-order valence-corrected chi connectivity index (χ1v) is 7.02. The van der Waals surface area contributed by atoms with E-state index in [4.69, 9.17) is 4.74 Å². The lowest BCUT2D eigenvalue weighted by molar-refractivity contribution is 0.108. The molecule has 1 heterocycles. The Morgan fingerprint density at radius 1 is 1.52 bits per heavy atom. The minimum Gasteiger partial charge on any atom is -0.491 e. The van der Waals surface area contributed by atoms with Crippen LogP contribution in [0.5, 0.6) is 5.75 Å². The molecule has 6 nitrogen and oxygen atoms in total. The molecule has 8 heteroatoms. The van der Waals surface area contributed by atoms with Crippen LogP contribution in [0.4, 0.5) is 14.3 Å². The number of halogens is 1. The molecule has 1 aromatic heterocycles. The third kappa shape index (κ3) is 5.36. The van der Waals surface area contributed by atoms with Gasteiger partial charge in [-0.25, -0.2) is 14.2 Å². The second-order valence-electron chi connectivity index (χ2n) is 4.09. The first-order valence-electron chi connectivity index (χ1n) is 6.14. The van der Waals surface area contributed by atoms with Crippen LogP contribution in [0.1, 0.15) is 0 Å². The van der Waals surface area contributed by atoms with Crippen LogP contribution in [-0.4, -0.2) is 35.4 Å². The van der Waals surface area contributed by atoms with Crippen molar-refractivity contribution in [1.82, 2.24) is 10.3 Å². The number of aliphatic hydroxyl groups is 1. The quantitative estimate of drug-likeness (QED) is 0.760. The van der Waals surface area contributed by atoms with Crippen LogP contribution >= 0.6 is 11.3 Å². The molecule has 112 valence electrons. The van der Waals surface area contributed by atoms with Crippen LogP contribution < -0.4 is 15.4 Å². The summed E-state index contributed by atoms with van der Waals surface area (Å²) in [5.74, 6) is -0.0933. The minimum atomic E-state index is -0.907. The summed E-state index contributed by atoms with van der Waals surface area (Å²) in [7, 11) is 0. The van der Waals surface area contributed by atoms with Crippen molar-refractivity contribution in [1.29, 1.82) is 0 Å². The summed E-state index contributed by atoms with van der Waals surface area (Å²) >= 11 is 1.29. The third-order valence-corrected chi connectivity index (χ3v) is 3.08. The molecule has 0 radical (unpaired) electrons. The molecule has 0 bridgehead atoms. The number of carbonyl (C=O) groups is 1. The molecule has 0 spiro atoms. The van der Waals surface area contributed by atoms with Gasteiger partial charge < -0.3 is 15.2 Å². The summed E-state index contributed by atoms with van der Waals surface area (Å²) in [5.41, 5.74) is 0. The number of amides is 2. The number of anilines is 1. The number of hydrogen-bond donors (Lipinski definition) is 3. The third-order valence-electron chi connectivity index (χ3n) is 2.39. The molecule has 21 heavy (non-hydrogen) atoms. The molecule has 0 aliphatic rings. The molecular formula is C13H14FN3O3S. The fraction of sp³-hybridized carbons (Fsp3) is 0.231. The highest BCUT2D eigenvalue weighted by molar-refractivity contribution is 7.13. The summed E-state index contributed by atoms with van der Waals surface area (Å²) < 4.78 is 18.1. The number of nitrogens with one attached hydrogen (secondary N) is 2.